The van der Waals surface area contributed by atoms with Crippen LogP contribution >= 0.6 is 0 Å². The number of carbonyl (C=O) groups is 2. The van der Waals surface area contributed by atoms with E-state index in [4.69, 9.17) is 0 Å². The Balaban J connectivity index is 1.62. The van der Waals surface area contributed by atoms with Crippen LogP contribution in [0.3, 0.4) is 0 Å². The molecule has 4 rings (SSSR count). The summed E-state index contributed by atoms with van der Waals surface area (Å²) in [6, 6.07) is 5.66. The van der Waals surface area contributed by atoms with Crippen molar-refractivity contribution in [2.45, 2.75) is 25.7 Å². The van der Waals surface area contributed by atoms with Crippen molar-refractivity contribution in [3.8, 4) is 0 Å². The van der Waals surface area contributed by atoms with Gasteiger partial charge in [0, 0.05) is 23.6 Å². The quantitative estimate of drug-likeness (QED) is 0.823. The van der Waals surface area contributed by atoms with E-state index in [0.717, 1.165) is 42.2 Å². The lowest BCUT2D eigenvalue weighted by molar-refractivity contribution is 0.0914. The highest BCUT2D eigenvalue weighted by Crippen LogP contribution is 2.54. The third-order valence-electron chi connectivity index (χ3n) is 4.93. The lowest BCUT2D eigenvalue weighted by Crippen LogP contribution is -2.32. The van der Waals surface area contributed by atoms with E-state index in [2.05, 4.69) is 5.32 Å². The summed E-state index contributed by atoms with van der Waals surface area (Å²) >= 11 is 0. The third kappa shape index (κ3) is 1.79. The minimum absolute atomic E-state index is 0.0369. The van der Waals surface area contributed by atoms with Gasteiger partial charge in [0.25, 0.3) is 5.91 Å². The highest BCUT2D eigenvalue weighted by Gasteiger charge is 2.48. The minimum atomic E-state index is -0.0369. The van der Waals surface area contributed by atoms with Gasteiger partial charge in [-0.15, -0.1) is 0 Å². The summed E-state index contributed by atoms with van der Waals surface area (Å²) in [6.07, 6.45) is 4.32. The van der Waals surface area contributed by atoms with Crippen LogP contribution < -0.4 is 5.32 Å². The van der Waals surface area contributed by atoms with Gasteiger partial charge in [-0.1, -0.05) is 12.1 Å². The maximum Gasteiger partial charge on any atom is 0.251 e. The molecule has 1 aromatic carbocycles. The number of ketones is 1. The van der Waals surface area contributed by atoms with Gasteiger partial charge >= 0.3 is 0 Å². The van der Waals surface area contributed by atoms with Crippen molar-refractivity contribution in [2.75, 3.05) is 6.54 Å². The molecule has 0 aromatic heterocycles. The molecule has 3 nitrogen and oxygen atoms in total. The highest BCUT2D eigenvalue weighted by molar-refractivity contribution is 6.03. The smallest absolute Gasteiger partial charge is 0.251 e. The summed E-state index contributed by atoms with van der Waals surface area (Å²) in [5.74, 6) is 2.04. The van der Waals surface area contributed by atoms with Gasteiger partial charge in [-0.3, -0.25) is 9.59 Å². The van der Waals surface area contributed by atoms with Crippen molar-refractivity contribution >= 4 is 11.7 Å². The van der Waals surface area contributed by atoms with Gasteiger partial charge < -0.3 is 5.32 Å². The largest absolute Gasteiger partial charge is 0.352 e. The zero-order valence-corrected chi connectivity index (χ0v) is 10.8. The molecule has 0 radical (unpaired) electrons. The standard InChI is InChI=1S/C16H17NO2/c18-15(13-6-11-5-12(11)7-13)10-2-1-9-3-4-17-16(19)14(9)8-10/h1-2,8,11-13H,3-7H2,(H,17,19). The first-order chi connectivity index (χ1) is 9.22. The number of amides is 1. The molecule has 2 aliphatic carbocycles. The van der Waals surface area contributed by atoms with Gasteiger partial charge in [0.05, 0.1) is 0 Å². The fourth-order valence-electron chi connectivity index (χ4n) is 3.73. The minimum Gasteiger partial charge on any atom is -0.352 e. The van der Waals surface area contributed by atoms with Gasteiger partial charge in [-0.05, 0) is 49.1 Å². The number of nitrogens with one attached hydrogen (secondary N) is 1. The number of hydrogen-bond donors (Lipinski definition) is 1. The second-order valence-corrected chi connectivity index (χ2v) is 6.17. The zero-order valence-electron chi connectivity index (χ0n) is 10.8. The second-order valence-electron chi connectivity index (χ2n) is 6.17. The fraction of sp³-hybridized carbons (Fsp3) is 0.500. The van der Waals surface area contributed by atoms with Crippen LogP contribution in [0.5, 0.6) is 0 Å². The van der Waals surface area contributed by atoms with E-state index in [1.807, 2.05) is 12.1 Å². The van der Waals surface area contributed by atoms with Crippen molar-refractivity contribution in [3.63, 3.8) is 0 Å². The average molecular weight is 255 g/mol. The summed E-state index contributed by atoms with van der Waals surface area (Å²) in [6.45, 7) is 0.700. The van der Waals surface area contributed by atoms with E-state index < -0.39 is 0 Å². The highest BCUT2D eigenvalue weighted by atomic mass is 16.1. The molecule has 1 N–H and O–H groups in total. The Kier molecular flexibility index (Phi) is 2.32. The number of hydrogen-bond acceptors (Lipinski definition) is 2. The van der Waals surface area contributed by atoms with Gasteiger partial charge in [0.15, 0.2) is 5.78 Å². The van der Waals surface area contributed by atoms with Gasteiger partial charge in [-0.2, -0.15) is 0 Å². The summed E-state index contributed by atoms with van der Waals surface area (Å²) in [7, 11) is 0. The van der Waals surface area contributed by atoms with E-state index in [1.165, 1.54) is 6.42 Å². The van der Waals surface area contributed by atoms with Gasteiger partial charge in [0.2, 0.25) is 0 Å². The Labute approximate surface area is 112 Å². The predicted molar refractivity (Wildman–Crippen MR) is 71.1 cm³/mol. The Bertz CT molecular complexity index is 568. The van der Waals surface area contributed by atoms with E-state index in [0.29, 0.717) is 12.1 Å². The molecule has 3 heteroatoms. The number of rotatable bonds is 2. The number of fused-ring (bicyclic) bond motifs is 2. The Hall–Kier alpha value is -1.64. The zero-order chi connectivity index (χ0) is 13.0. The molecule has 1 amide bonds. The van der Waals surface area contributed by atoms with Crippen LogP contribution in [0.15, 0.2) is 18.2 Å². The van der Waals surface area contributed by atoms with Crippen LogP contribution in [0, 0.1) is 17.8 Å². The molecule has 0 bridgehead atoms. The Morgan fingerprint density at radius 1 is 1.16 bits per heavy atom. The van der Waals surface area contributed by atoms with Crippen LogP contribution in [0.1, 0.15) is 45.5 Å². The molecule has 2 unspecified atom stereocenters. The van der Waals surface area contributed by atoms with Crippen LogP contribution in [0.4, 0.5) is 0 Å². The van der Waals surface area contributed by atoms with E-state index >= 15 is 0 Å². The second kappa shape index (κ2) is 3.92. The molecule has 1 heterocycles. The molecular formula is C16H17NO2. The molecule has 1 aliphatic heterocycles. The van der Waals surface area contributed by atoms with Crippen molar-refractivity contribution in [1.29, 1.82) is 0 Å². The number of carbonyl (C=O) groups excluding carboxylic acids is 2. The number of benzene rings is 1. The summed E-state index contributed by atoms with van der Waals surface area (Å²) in [5.41, 5.74) is 2.48. The Morgan fingerprint density at radius 3 is 2.74 bits per heavy atom. The van der Waals surface area contributed by atoms with Crippen LogP contribution in [-0.2, 0) is 6.42 Å². The van der Waals surface area contributed by atoms with E-state index in [9.17, 15) is 9.59 Å². The average Bonchev–Trinajstić information content (AvgIpc) is 3.05. The molecule has 0 saturated heterocycles. The van der Waals surface area contributed by atoms with E-state index in [1.54, 1.807) is 6.07 Å². The monoisotopic (exact) mass is 255 g/mol. The fourth-order valence-corrected chi connectivity index (χ4v) is 3.73. The predicted octanol–water partition coefficient (Wildman–Crippen LogP) is 2.20. The molecule has 2 saturated carbocycles. The number of Topliss-reactive ketones (excluding diaryl/α,β-unsaturated/α-hetero) is 1. The topological polar surface area (TPSA) is 46.2 Å². The molecule has 2 fully saturated rings. The lowest BCUT2D eigenvalue weighted by atomic mass is 9.90. The first kappa shape index (κ1) is 11.2. The van der Waals surface area contributed by atoms with Crippen molar-refractivity contribution in [3.05, 3.63) is 34.9 Å². The molecule has 1 aromatic rings. The molecule has 0 spiro atoms. The summed E-state index contributed by atoms with van der Waals surface area (Å²) in [5, 5.41) is 2.84. The van der Waals surface area contributed by atoms with Crippen LogP contribution in [-0.4, -0.2) is 18.2 Å². The molecule has 2 atom stereocenters. The molecule has 98 valence electrons. The molecular weight excluding hydrogens is 238 g/mol. The van der Waals surface area contributed by atoms with Gasteiger partial charge in [0.1, 0.15) is 0 Å². The van der Waals surface area contributed by atoms with Gasteiger partial charge in [-0.25, -0.2) is 0 Å². The third-order valence-corrected chi connectivity index (χ3v) is 4.93. The Morgan fingerprint density at radius 2 is 1.95 bits per heavy atom. The maximum atomic E-state index is 12.5. The lowest BCUT2D eigenvalue weighted by Gasteiger charge is -2.18. The first-order valence-corrected chi connectivity index (χ1v) is 7.17. The normalized spacial score (nSPS) is 31.4. The molecule has 3 aliphatic rings. The maximum absolute atomic E-state index is 12.5. The summed E-state index contributed by atoms with van der Waals surface area (Å²) < 4.78 is 0. The van der Waals surface area contributed by atoms with E-state index in [-0.39, 0.29) is 17.6 Å². The van der Waals surface area contributed by atoms with Crippen molar-refractivity contribution in [2.24, 2.45) is 17.8 Å². The van der Waals surface area contributed by atoms with Crippen LogP contribution in [0.2, 0.25) is 0 Å². The van der Waals surface area contributed by atoms with Crippen molar-refractivity contribution < 1.29 is 9.59 Å². The summed E-state index contributed by atoms with van der Waals surface area (Å²) in [4.78, 5) is 24.3. The van der Waals surface area contributed by atoms with Crippen LogP contribution in [0.25, 0.3) is 0 Å². The van der Waals surface area contributed by atoms with Crippen molar-refractivity contribution in [1.82, 2.24) is 5.32 Å². The SMILES string of the molecule is O=C1NCCc2ccc(C(=O)C3CC4CC4C3)cc21. The molecule has 19 heavy (non-hydrogen) atoms. The first-order valence-electron chi connectivity index (χ1n) is 7.17.